The number of thiophene rings is 1. The topological polar surface area (TPSA) is 165 Å². The van der Waals surface area contributed by atoms with Crippen LogP contribution in [0.3, 0.4) is 0 Å². The first-order valence-electron chi connectivity index (χ1n) is 8.79. The third-order valence-electron chi connectivity index (χ3n) is 4.85. The minimum atomic E-state index is -4.13. The van der Waals surface area contributed by atoms with Gasteiger partial charge in [-0.1, -0.05) is 6.07 Å². The number of sulfone groups is 1. The van der Waals surface area contributed by atoms with E-state index in [9.17, 15) is 26.4 Å². The second-order valence-electron chi connectivity index (χ2n) is 6.76. The Labute approximate surface area is 189 Å². The van der Waals surface area contributed by atoms with E-state index in [1.165, 1.54) is 36.1 Å². The van der Waals surface area contributed by atoms with E-state index in [0.717, 1.165) is 0 Å². The highest BCUT2D eigenvalue weighted by molar-refractivity contribution is 7.95. The standard InChI is InChI=1S/C17H19N3O7S3.ClH/c1-3-20(15(21)11-5-4-6-12(19-11)16(22)23)13-7-9(2)29(24,25)17-10(13)8-14(28-17)30(18,26)27;/h4-6,8-9,13H,3,7H2,1-2H3,(H,22,23)(H2,18,26,27);1H. The fraction of sp³-hybridized carbons (Fsp3) is 0.353. The average molecular weight is 510 g/mol. The highest BCUT2D eigenvalue weighted by Crippen LogP contribution is 2.45. The van der Waals surface area contributed by atoms with Crippen LogP contribution in [0.5, 0.6) is 0 Å². The van der Waals surface area contributed by atoms with Gasteiger partial charge in [0.1, 0.15) is 19.8 Å². The molecule has 0 saturated carbocycles. The number of hydrogen-bond acceptors (Lipinski definition) is 8. The van der Waals surface area contributed by atoms with Crippen LogP contribution in [-0.4, -0.2) is 55.5 Å². The lowest BCUT2D eigenvalue weighted by atomic mass is 10.0. The number of rotatable bonds is 5. The summed E-state index contributed by atoms with van der Waals surface area (Å²) < 4.78 is 48.7. The van der Waals surface area contributed by atoms with Crippen molar-refractivity contribution in [2.75, 3.05) is 6.54 Å². The third kappa shape index (κ3) is 4.60. The summed E-state index contributed by atoms with van der Waals surface area (Å²) in [6.07, 6.45) is 0.0499. The highest BCUT2D eigenvalue weighted by Gasteiger charge is 2.42. The summed E-state index contributed by atoms with van der Waals surface area (Å²) in [7, 11) is -7.91. The fourth-order valence-corrected chi connectivity index (χ4v) is 7.73. The van der Waals surface area contributed by atoms with Crippen molar-refractivity contribution < 1.29 is 31.5 Å². The number of nitrogens with zero attached hydrogens (tertiary/aromatic N) is 2. The Morgan fingerprint density at radius 3 is 2.48 bits per heavy atom. The monoisotopic (exact) mass is 509 g/mol. The van der Waals surface area contributed by atoms with E-state index in [1.54, 1.807) is 6.92 Å². The zero-order valence-electron chi connectivity index (χ0n) is 16.4. The van der Waals surface area contributed by atoms with Crippen LogP contribution in [0.4, 0.5) is 0 Å². The molecule has 3 N–H and O–H groups in total. The van der Waals surface area contributed by atoms with Crippen molar-refractivity contribution in [3.8, 4) is 0 Å². The van der Waals surface area contributed by atoms with Gasteiger partial charge in [-0.3, -0.25) is 4.79 Å². The Kier molecular flexibility index (Phi) is 7.17. The molecule has 1 amide bonds. The first-order valence-corrected chi connectivity index (χ1v) is 12.7. The second kappa shape index (κ2) is 8.82. The maximum absolute atomic E-state index is 13.1. The molecule has 1 aliphatic rings. The van der Waals surface area contributed by atoms with Gasteiger partial charge in [0.25, 0.3) is 5.91 Å². The third-order valence-corrected chi connectivity index (χ3v) is 10.2. The molecule has 3 heterocycles. The molecule has 170 valence electrons. The molecule has 2 aromatic heterocycles. The van der Waals surface area contributed by atoms with Crippen molar-refractivity contribution in [1.82, 2.24) is 9.88 Å². The number of amides is 1. The molecule has 1 aliphatic heterocycles. The molecule has 2 aromatic rings. The Hall–Kier alpha value is -2.06. The van der Waals surface area contributed by atoms with Gasteiger partial charge in [0.05, 0.1) is 11.3 Å². The van der Waals surface area contributed by atoms with Crippen LogP contribution in [0.15, 0.2) is 32.7 Å². The van der Waals surface area contributed by atoms with Crippen LogP contribution in [0, 0.1) is 0 Å². The van der Waals surface area contributed by atoms with Gasteiger partial charge >= 0.3 is 5.97 Å². The second-order valence-corrected chi connectivity index (χ2v) is 12.2. The number of hydrogen-bond donors (Lipinski definition) is 2. The fourth-order valence-electron chi connectivity index (χ4n) is 3.33. The molecule has 0 fully saturated rings. The van der Waals surface area contributed by atoms with E-state index in [4.69, 9.17) is 10.2 Å². The van der Waals surface area contributed by atoms with Crippen molar-refractivity contribution in [3.05, 3.63) is 41.2 Å². The molecule has 2 atom stereocenters. The van der Waals surface area contributed by atoms with E-state index in [-0.39, 0.29) is 50.7 Å². The molecule has 3 rings (SSSR count). The number of sulfonamides is 1. The molecule has 0 aromatic carbocycles. The number of carboxylic acids is 1. The van der Waals surface area contributed by atoms with E-state index in [1.807, 2.05) is 0 Å². The van der Waals surface area contributed by atoms with Crippen molar-refractivity contribution in [2.45, 2.75) is 40.0 Å². The van der Waals surface area contributed by atoms with Gasteiger partial charge in [-0.2, -0.15) is 0 Å². The molecule has 2 unspecified atom stereocenters. The zero-order chi connectivity index (χ0) is 22.4. The molecule has 0 bridgehead atoms. The average Bonchev–Trinajstić information content (AvgIpc) is 3.13. The molecule has 10 nitrogen and oxygen atoms in total. The number of nitrogens with two attached hydrogens (primary N) is 1. The van der Waals surface area contributed by atoms with Crippen molar-refractivity contribution in [2.24, 2.45) is 5.14 Å². The van der Waals surface area contributed by atoms with Crippen molar-refractivity contribution in [3.63, 3.8) is 0 Å². The molecule has 0 aliphatic carbocycles. The number of carbonyl (C=O) groups is 2. The van der Waals surface area contributed by atoms with Gasteiger partial charge in [0.2, 0.25) is 10.0 Å². The number of halogens is 1. The lowest BCUT2D eigenvalue weighted by Gasteiger charge is -2.35. The lowest BCUT2D eigenvalue weighted by Crippen LogP contribution is -2.40. The van der Waals surface area contributed by atoms with Crippen molar-refractivity contribution in [1.29, 1.82) is 0 Å². The predicted molar refractivity (Wildman–Crippen MR) is 115 cm³/mol. The molecule has 14 heteroatoms. The van der Waals surface area contributed by atoms with E-state index < -0.39 is 43.0 Å². The summed E-state index contributed by atoms with van der Waals surface area (Å²) in [6.45, 7) is 3.33. The Bertz CT molecular complexity index is 1240. The summed E-state index contributed by atoms with van der Waals surface area (Å²) in [6, 6.07) is 4.46. The SMILES string of the molecule is CCN(C(=O)c1cccc(C(=O)O)n1)C1CC(C)S(=O)(=O)c2sc(S(N)(=O)=O)cc21.Cl. The van der Waals surface area contributed by atoms with Gasteiger partial charge in [0, 0.05) is 12.1 Å². The van der Waals surface area contributed by atoms with Crippen LogP contribution in [0.1, 0.15) is 52.9 Å². The smallest absolute Gasteiger partial charge is 0.354 e. The number of carbonyl (C=O) groups excluding carboxylic acids is 1. The van der Waals surface area contributed by atoms with Gasteiger partial charge in [-0.15, -0.1) is 23.7 Å². The maximum atomic E-state index is 13.1. The van der Waals surface area contributed by atoms with E-state index in [0.29, 0.717) is 11.3 Å². The normalized spacial score (nSPS) is 19.7. The number of carboxylic acid groups (broad SMARTS) is 1. The van der Waals surface area contributed by atoms with Crippen molar-refractivity contribution >= 4 is 55.5 Å². The minimum absolute atomic E-state index is 0. The lowest BCUT2D eigenvalue weighted by molar-refractivity contribution is 0.0665. The van der Waals surface area contributed by atoms with Crippen LogP contribution < -0.4 is 5.14 Å². The summed E-state index contributed by atoms with van der Waals surface area (Å²) in [5, 5.41) is 13.4. The van der Waals surface area contributed by atoms with Crippen LogP contribution in [0.2, 0.25) is 0 Å². The van der Waals surface area contributed by atoms with Gasteiger partial charge in [-0.25, -0.2) is 31.8 Å². The maximum Gasteiger partial charge on any atom is 0.354 e. The van der Waals surface area contributed by atoms with Crippen LogP contribution in [0.25, 0.3) is 0 Å². The van der Waals surface area contributed by atoms with Crippen LogP contribution in [-0.2, 0) is 19.9 Å². The quantitative estimate of drug-likeness (QED) is 0.614. The minimum Gasteiger partial charge on any atom is -0.477 e. The number of pyridine rings is 1. The number of primary sulfonamides is 1. The van der Waals surface area contributed by atoms with E-state index >= 15 is 0 Å². The first kappa shape index (κ1) is 25.2. The number of aromatic carboxylic acids is 1. The van der Waals surface area contributed by atoms with E-state index in [2.05, 4.69) is 4.98 Å². The summed E-state index contributed by atoms with van der Waals surface area (Å²) >= 11 is 0.566. The Morgan fingerprint density at radius 1 is 1.32 bits per heavy atom. The molecular weight excluding hydrogens is 490 g/mol. The number of aromatic nitrogens is 1. The molecule has 0 spiro atoms. The first-order chi connectivity index (χ1) is 13.9. The summed E-state index contributed by atoms with van der Waals surface area (Å²) in [4.78, 5) is 29.5. The number of fused-ring (bicyclic) bond motifs is 1. The zero-order valence-corrected chi connectivity index (χ0v) is 19.6. The van der Waals surface area contributed by atoms with Crippen LogP contribution >= 0.6 is 23.7 Å². The molecule has 0 saturated heterocycles. The van der Waals surface area contributed by atoms with Gasteiger partial charge in [0.15, 0.2) is 9.84 Å². The molecule has 31 heavy (non-hydrogen) atoms. The Morgan fingerprint density at radius 2 is 1.94 bits per heavy atom. The largest absolute Gasteiger partial charge is 0.477 e. The summed E-state index contributed by atoms with van der Waals surface area (Å²) in [5.74, 6) is -1.88. The van der Waals surface area contributed by atoms with Gasteiger partial charge in [-0.05, 0) is 38.5 Å². The highest BCUT2D eigenvalue weighted by atomic mass is 35.5. The Balaban J connectivity index is 0.00000341. The molecular formula is C17H20ClN3O7S3. The molecule has 0 radical (unpaired) electrons. The summed E-state index contributed by atoms with van der Waals surface area (Å²) in [5.41, 5.74) is -0.225. The predicted octanol–water partition coefficient (Wildman–Crippen LogP) is 1.68. The van der Waals surface area contributed by atoms with Gasteiger partial charge < -0.3 is 10.0 Å².